The van der Waals surface area contributed by atoms with Gasteiger partial charge in [0.2, 0.25) is 0 Å². The van der Waals surface area contributed by atoms with Gasteiger partial charge in [-0.05, 0) is 67.6 Å². The molecule has 0 radical (unpaired) electrons. The highest BCUT2D eigenvalue weighted by Crippen LogP contribution is 2.53. The summed E-state index contributed by atoms with van der Waals surface area (Å²) >= 11 is 1.41. The van der Waals surface area contributed by atoms with Crippen LogP contribution in [-0.2, 0) is 10.2 Å². The summed E-state index contributed by atoms with van der Waals surface area (Å²) < 4.78 is 15.2. The van der Waals surface area contributed by atoms with Crippen molar-refractivity contribution in [2.24, 2.45) is 0 Å². The van der Waals surface area contributed by atoms with Gasteiger partial charge < -0.3 is 5.11 Å². The van der Waals surface area contributed by atoms with Crippen molar-refractivity contribution in [3.63, 3.8) is 0 Å². The molecule has 1 saturated carbocycles. The molecule has 3 heterocycles. The van der Waals surface area contributed by atoms with Crippen LogP contribution < -0.4 is 0 Å². The summed E-state index contributed by atoms with van der Waals surface area (Å²) in [5.41, 5.74) is 4.38. The van der Waals surface area contributed by atoms with Gasteiger partial charge in [0, 0.05) is 17.5 Å². The predicted octanol–water partition coefficient (Wildman–Crippen LogP) is 5.45. The van der Waals surface area contributed by atoms with Crippen LogP contribution in [-0.4, -0.2) is 45.6 Å². The van der Waals surface area contributed by atoms with Gasteiger partial charge in [-0.2, -0.15) is 0 Å². The van der Waals surface area contributed by atoms with Crippen molar-refractivity contribution in [2.75, 3.05) is 13.6 Å². The van der Waals surface area contributed by atoms with Crippen molar-refractivity contribution in [3.05, 3.63) is 83.3 Å². The van der Waals surface area contributed by atoms with Crippen LogP contribution in [0.3, 0.4) is 0 Å². The minimum atomic E-state index is -0.830. The van der Waals surface area contributed by atoms with E-state index in [2.05, 4.69) is 35.3 Å². The van der Waals surface area contributed by atoms with E-state index < -0.39 is 12.0 Å². The third-order valence-corrected chi connectivity index (χ3v) is 8.35. The fourth-order valence-corrected chi connectivity index (χ4v) is 6.23. The van der Waals surface area contributed by atoms with Crippen molar-refractivity contribution >= 4 is 27.7 Å². The molecule has 0 unspecified atom stereocenters. The van der Waals surface area contributed by atoms with Gasteiger partial charge in [-0.25, -0.2) is 14.4 Å². The van der Waals surface area contributed by atoms with Crippen LogP contribution in [0.5, 0.6) is 0 Å². The Balaban J connectivity index is 1.30. The number of nitrogens with zero attached hydrogens (tertiary/aromatic N) is 3. The minimum Gasteiger partial charge on any atom is -0.480 e. The van der Waals surface area contributed by atoms with Crippen LogP contribution >= 0.6 is 11.3 Å². The van der Waals surface area contributed by atoms with Crippen LogP contribution in [0.4, 0.5) is 4.39 Å². The summed E-state index contributed by atoms with van der Waals surface area (Å²) in [6.07, 6.45) is 2.65. The van der Waals surface area contributed by atoms with Gasteiger partial charge in [0.1, 0.15) is 27.2 Å². The molecule has 0 bridgehead atoms. The SMILES string of the molecule is CN1C[C@@H](c2ccc(-c3nc4ccc(C5(c6ccccc6)CC5)nc4s3)c(F)c2)C[C@H]1C(=O)O. The zero-order chi connectivity index (χ0) is 23.4. The lowest BCUT2D eigenvalue weighted by Gasteiger charge is -2.14. The number of rotatable bonds is 5. The maximum Gasteiger partial charge on any atom is 0.320 e. The quantitative estimate of drug-likeness (QED) is 0.418. The lowest BCUT2D eigenvalue weighted by molar-refractivity contribution is -0.141. The predicted molar refractivity (Wildman–Crippen MR) is 131 cm³/mol. The molecule has 2 atom stereocenters. The molecule has 1 aliphatic heterocycles. The third-order valence-electron chi connectivity index (χ3n) is 7.35. The van der Waals surface area contributed by atoms with Crippen molar-refractivity contribution < 1.29 is 14.3 Å². The normalized spacial score (nSPS) is 21.7. The number of likely N-dealkylation sites (N-methyl/N-ethyl adjacent to an activating group) is 1. The summed E-state index contributed by atoms with van der Waals surface area (Å²) in [7, 11) is 1.80. The molecule has 1 N–H and O–H groups in total. The molecule has 1 aliphatic carbocycles. The molecule has 2 aliphatic rings. The van der Waals surface area contributed by atoms with Gasteiger partial charge in [-0.15, -0.1) is 0 Å². The molecule has 172 valence electrons. The number of carbonyl (C=O) groups is 1. The van der Waals surface area contributed by atoms with Crippen LogP contribution in [0.1, 0.15) is 42.0 Å². The number of aliphatic carboxylic acids is 1. The molecule has 2 aromatic heterocycles. The molecule has 2 aromatic carbocycles. The number of fused-ring (bicyclic) bond motifs is 1. The zero-order valence-corrected chi connectivity index (χ0v) is 19.6. The van der Waals surface area contributed by atoms with Crippen LogP contribution in [0.2, 0.25) is 0 Å². The van der Waals surface area contributed by atoms with Gasteiger partial charge in [-0.1, -0.05) is 47.7 Å². The smallest absolute Gasteiger partial charge is 0.320 e. The number of pyridine rings is 1. The van der Waals surface area contributed by atoms with Gasteiger partial charge in [-0.3, -0.25) is 9.69 Å². The number of aromatic nitrogens is 2. The van der Waals surface area contributed by atoms with E-state index in [1.807, 2.05) is 23.1 Å². The fraction of sp³-hybridized carbons (Fsp3) is 0.296. The van der Waals surface area contributed by atoms with Crippen molar-refractivity contribution in [2.45, 2.75) is 36.6 Å². The molecule has 5 nitrogen and oxygen atoms in total. The Bertz CT molecular complexity index is 1400. The first-order valence-corrected chi connectivity index (χ1v) is 12.3. The lowest BCUT2D eigenvalue weighted by atomic mass is 9.92. The Hall–Kier alpha value is -3.16. The second kappa shape index (κ2) is 7.96. The van der Waals surface area contributed by atoms with E-state index in [-0.39, 0.29) is 17.2 Å². The van der Waals surface area contributed by atoms with Crippen molar-refractivity contribution in [1.29, 1.82) is 0 Å². The van der Waals surface area contributed by atoms with E-state index in [1.54, 1.807) is 13.1 Å². The Kier molecular flexibility index (Phi) is 5.00. The Morgan fingerprint density at radius 1 is 1.12 bits per heavy atom. The van der Waals surface area contributed by atoms with E-state index in [9.17, 15) is 9.90 Å². The average molecular weight is 474 g/mol. The first-order chi connectivity index (χ1) is 16.4. The standard InChI is InChI=1S/C27H24FN3O2S/c1-31-15-17(14-22(31)26(32)33)16-7-8-19(20(28)13-16)24-29-21-9-10-23(30-25(21)34-24)27(11-12-27)18-5-3-2-4-6-18/h2-10,13,17,22H,11-12,14-15H2,1H3,(H,32,33)/t17-,22-/m0/s1. The van der Waals surface area contributed by atoms with Gasteiger partial charge in [0.05, 0.1) is 5.69 Å². The molecule has 1 saturated heterocycles. The Morgan fingerprint density at radius 2 is 1.91 bits per heavy atom. The number of likely N-dealkylation sites (tertiary alicyclic amines) is 1. The fourth-order valence-electron chi connectivity index (χ4n) is 5.26. The monoisotopic (exact) mass is 473 g/mol. The number of carboxylic acid groups (broad SMARTS) is 1. The number of hydrogen-bond acceptors (Lipinski definition) is 5. The number of benzene rings is 2. The summed E-state index contributed by atoms with van der Waals surface area (Å²) in [6, 6.07) is 19.2. The van der Waals surface area contributed by atoms with Crippen LogP contribution in [0.15, 0.2) is 60.7 Å². The second-order valence-corrected chi connectivity index (χ2v) is 10.4. The van der Waals surface area contributed by atoms with Gasteiger partial charge in [0.25, 0.3) is 0 Å². The Labute approximate surface area is 200 Å². The van der Waals surface area contributed by atoms with Crippen LogP contribution in [0, 0.1) is 5.82 Å². The molecule has 6 rings (SSSR count). The van der Waals surface area contributed by atoms with Crippen molar-refractivity contribution in [3.8, 4) is 10.6 Å². The van der Waals surface area contributed by atoms with Gasteiger partial charge in [0.15, 0.2) is 0 Å². The maximum absolute atomic E-state index is 15.2. The number of hydrogen-bond donors (Lipinski definition) is 1. The highest BCUT2D eigenvalue weighted by Gasteiger charge is 2.47. The number of thiazole rings is 1. The summed E-state index contributed by atoms with van der Waals surface area (Å²) in [4.78, 5) is 23.7. The van der Waals surface area contributed by atoms with Crippen LogP contribution in [0.25, 0.3) is 20.9 Å². The summed E-state index contributed by atoms with van der Waals surface area (Å²) in [6.45, 7) is 0.604. The maximum atomic E-state index is 15.2. The largest absolute Gasteiger partial charge is 0.480 e. The zero-order valence-electron chi connectivity index (χ0n) is 18.7. The first-order valence-electron chi connectivity index (χ1n) is 11.5. The van der Waals surface area contributed by atoms with E-state index in [4.69, 9.17) is 4.98 Å². The van der Waals surface area contributed by atoms with Crippen molar-refractivity contribution in [1.82, 2.24) is 14.9 Å². The van der Waals surface area contributed by atoms with Gasteiger partial charge >= 0.3 is 5.97 Å². The van der Waals surface area contributed by atoms with E-state index in [0.29, 0.717) is 23.5 Å². The number of carboxylic acids is 1. The molecule has 7 heteroatoms. The topological polar surface area (TPSA) is 66.3 Å². The highest BCUT2D eigenvalue weighted by molar-refractivity contribution is 7.21. The number of halogens is 1. The molecule has 34 heavy (non-hydrogen) atoms. The second-order valence-electron chi connectivity index (χ2n) is 9.45. The lowest BCUT2D eigenvalue weighted by Crippen LogP contribution is -2.32. The molecule has 4 aromatic rings. The Morgan fingerprint density at radius 3 is 2.59 bits per heavy atom. The molecular formula is C27H24FN3O2S. The average Bonchev–Trinajstić information content (AvgIpc) is 3.39. The summed E-state index contributed by atoms with van der Waals surface area (Å²) in [5.74, 6) is -1.16. The van der Waals surface area contributed by atoms with E-state index in [0.717, 1.165) is 34.4 Å². The summed E-state index contributed by atoms with van der Waals surface area (Å²) in [5, 5.41) is 9.99. The van der Waals surface area contributed by atoms with E-state index in [1.165, 1.54) is 23.0 Å². The van der Waals surface area contributed by atoms with E-state index >= 15 is 4.39 Å². The highest BCUT2D eigenvalue weighted by atomic mass is 32.1. The molecule has 0 spiro atoms. The molecular weight excluding hydrogens is 449 g/mol. The minimum absolute atomic E-state index is 0.00181. The third kappa shape index (κ3) is 3.51. The first kappa shape index (κ1) is 21.4. The molecule has 2 fully saturated rings. The molecule has 0 amide bonds.